The number of ketones is 1. The summed E-state index contributed by atoms with van der Waals surface area (Å²) in [5.74, 6) is 0.225. The van der Waals surface area contributed by atoms with Gasteiger partial charge in [-0.05, 0) is 50.2 Å². The van der Waals surface area contributed by atoms with Crippen LogP contribution in [0.15, 0.2) is 41.3 Å². The van der Waals surface area contributed by atoms with E-state index < -0.39 is 15.4 Å². The number of thiophene rings is 1. The monoisotopic (exact) mass is 376 g/mol. The Bertz CT molecular complexity index is 992. The van der Waals surface area contributed by atoms with Crippen molar-refractivity contribution in [3.63, 3.8) is 0 Å². The van der Waals surface area contributed by atoms with Gasteiger partial charge < -0.3 is 4.74 Å². The smallest absolute Gasteiger partial charge is 0.210 e. The lowest BCUT2D eigenvalue weighted by atomic mass is 9.97. The van der Waals surface area contributed by atoms with Crippen LogP contribution in [-0.2, 0) is 19.4 Å². The molecule has 0 N–H and O–H groups in total. The second-order valence-electron chi connectivity index (χ2n) is 6.26. The number of hydrogen-bond acceptors (Lipinski definition) is 6. The van der Waals surface area contributed by atoms with E-state index in [9.17, 15) is 18.0 Å². The molecule has 0 saturated carbocycles. The Labute approximate surface area is 149 Å². The second-order valence-corrected chi connectivity index (χ2v) is 9.39. The lowest BCUT2D eigenvalue weighted by Gasteiger charge is -2.17. The molecule has 0 aliphatic carbocycles. The molecule has 1 aliphatic heterocycles. The van der Waals surface area contributed by atoms with Gasteiger partial charge in [-0.2, -0.15) is 0 Å². The summed E-state index contributed by atoms with van der Waals surface area (Å²) >= 11 is 1.22. The molecule has 1 aliphatic rings. The Morgan fingerprint density at radius 2 is 1.72 bits per heavy atom. The van der Waals surface area contributed by atoms with Crippen LogP contribution in [0.25, 0.3) is 11.3 Å². The molecule has 1 aromatic carbocycles. The van der Waals surface area contributed by atoms with E-state index in [0.717, 1.165) is 12.5 Å². The first-order valence-corrected chi connectivity index (χ1v) is 10.2. The van der Waals surface area contributed by atoms with E-state index >= 15 is 0 Å². The van der Waals surface area contributed by atoms with Gasteiger partial charge >= 0.3 is 0 Å². The van der Waals surface area contributed by atoms with E-state index in [1.807, 2.05) is 0 Å². The number of carbonyl (C=O) groups is 2. The van der Waals surface area contributed by atoms with Gasteiger partial charge in [0.2, 0.25) is 5.78 Å². The first-order valence-electron chi connectivity index (χ1n) is 7.47. The van der Waals surface area contributed by atoms with Gasteiger partial charge in [0.15, 0.2) is 21.7 Å². The number of hydrogen-bond donors (Lipinski definition) is 0. The number of carbonyl (C=O) groups excluding carboxylic acids is 2. The zero-order valence-electron chi connectivity index (χ0n) is 13.9. The normalized spacial score (nSPS) is 16.8. The van der Waals surface area contributed by atoms with Crippen molar-refractivity contribution >= 4 is 44.6 Å². The maximum absolute atomic E-state index is 12.8. The predicted molar refractivity (Wildman–Crippen MR) is 96.2 cm³/mol. The molecule has 0 radical (unpaired) electrons. The summed E-state index contributed by atoms with van der Waals surface area (Å²) in [6.07, 6.45) is 1.87. The topological polar surface area (TPSA) is 77.5 Å². The molecular weight excluding hydrogens is 360 g/mol. The lowest BCUT2D eigenvalue weighted by molar-refractivity contribution is -0.125. The van der Waals surface area contributed by atoms with Crippen LogP contribution in [0.3, 0.4) is 0 Å². The van der Waals surface area contributed by atoms with Gasteiger partial charge in [0.1, 0.15) is 5.76 Å². The molecule has 0 bridgehead atoms. The van der Waals surface area contributed by atoms with E-state index in [4.69, 9.17) is 4.74 Å². The maximum atomic E-state index is 12.8. The fraction of sp³-hybridized carbons (Fsp3) is 0.222. The van der Waals surface area contributed by atoms with Crippen LogP contribution in [0.4, 0.5) is 0 Å². The zero-order valence-corrected chi connectivity index (χ0v) is 15.5. The summed E-state index contributed by atoms with van der Waals surface area (Å²) in [6, 6.07) is 9.59. The van der Waals surface area contributed by atoms with E-state index in [0.29, 0.717) is 26.7 Å². The van der Waals surface area contributed by atoms with E-state index in [-0.39, 0.29) is 10.7 Å². The average molecular weight is 376 g/mol. The minimum Gasteiger partial charge on any atom is -0.478 e. The van der Waals surface area contributed by atoms with Gasteiger partial charge in [-0.1, -0.05) is 0 Å². The summed E-state index contributed by atoms with van der Waals surface area (Å²) < 4.78 is 29.1. The summed E-state index contributed by atoms with van der Waals surface area (Å²) in [6.45, 7) is 3.36. The summed E-state index contributed by atoms with van der Waals surface area (Å²) in [7, 11) is -3.30. The van der Waals surface area contributed by atoms with Gasteiger partial charge in [0, 0.05) is 16.7 Å². The largest absolute Gasteiger partial charge is 0.478 e. The molecule has 0 unspecified atom stereocenters. The van der Waals surface area contributed by atoms with Crippen molar-refractivity contribution in [3.8, 4) is 0 Å². The quantitative estimate of drug-likeness (QED) is 0.766. The number of ether oxygens (including phenoxy) is 1. The third kappa shape index (κ3) is 3.17. The highest BCUT2D eigenvalue weighted by molar-refractivity contribution is 7.90. The summed E-state index contributed by atoms with van der Waals surface area (Å²) in [4.78, 5) is 25.1. The zero-order chi connectivity index (χ0) is 18.4. The van der Waals surface area contributed by atoms with Gasteiger partial charge in [0.05, 0.1) is 15.3 Å². The van der Waals surface area contributed by atoms with E-state index in [1.54, 1.807) is 38.1 Å². The third-order valence-corrected chi connectivity index (χ3v) is 6.05. The maximum Gasteiger partial charge on any atom is 0.210 e. The SMILES string of the molecule is CC1(C)OC(c2ccc(S(C)(=O)=O)cc2)=C(c2ccc(C=O)s2)C1=O. The molecule has 0 atom stereocenters. The Morgan fingerprint density at radius 1 is 1.08 bits per heavy atom. The van der Waals surface area contributed by atoms with Crippen LogP contribution in [0.5, 0.6) is 0 Å². The van der Waals surface area contributed by atoms with Crippen molar-refractivity contribution in [3.05, 3.63) is 51.7 Å². The Kier molecular flexibility index (Phi) is 4.17. The molecule has 2 aromatic rings. The fourth-order valence-electron chi connectivity index (χ4n) is 2.59. The van der Waals surface area contributed by atoms with Gasteiger partial charge in [-0.15, -0.1) is 11.3 Å². The molecule has 0 fully saturated rings. The Hall–Kier alpha value is -2.25. The summed E-state index contributed by atoms with van der Waals surface area (Å²) in [5, 5.41) is 0. The number of sulfone groups is 1. The minimum atomic E-state index is -3.30. The van der Waals surface area contributed by atoms with Crippen molar-refractivity contribution in [2.24, 2.45) is 0 Å². The fourth-order valence-corrected chi connectivity index (χ4v) is 4.08. The predicted octanol–water partition coefficient (Wildman–Crippen LogP) is 3.21. The first kappa shape index (κ1) is 17.6. The Balaban J connectivity index is 2.15. The highest BCUT2D eigenvalue weighted by Crippen LogP contribution is 2.43. The number of Topliss-reactive ketones (excluding diaryl/α,β-unsaturated/α-hetero) is 1. The second kappa shape index (κ2) is 5.93. The number of benzene rings is 1. The molecule has 3 rings (SSSR count). The minimum absolute atomic E-state index is 0.172. The van der Waals surface area contributed by atoms with Crippen LogP contribution in [0, 0.1) is 0 Å². The van der Waals surface area contributed by atoms with Crippen LogP contribution >= 0.6 is 11.3 Å². The van der Waals surface area contributed by atoms with Gasteiger partial charge in [-0.25, -0.2) is 8.42 Å². The number of aldehydes is 1. The molecule has 1 aromatic heterocycles. The van der Waals surface area contributed by atoms with Crippen LogP contribution in [0.1, 0.15) is 34.0 Å². The molecule has 2 heterocycles. The highest BCUT2D eigenvalue weighted by Gasteiger charge is 2.43. The standard InChI is InChI=1S/C18H16O5S2/c1-18(2)17(20)15(14-9-6-12(10-19)24-14)16(23-18)11-4-7-13(8-5-11)25(3,21)22/h4-10H,1-3H3. The molecule has 7 heteroatoms. The lowest BCUT2D eigenvalue weighted by Crippen LogP contribution is -2.29. The molecule has 130 valence electrons. The molecule has 0 amide bonds. The molecule has 0 spiro atoms. The number of rotatable bonds is 4. The summed E-state index contributed by atoms with van der Waals surface area (Å²) in [5.41, 5.74) is 0.00322. The van der Waals surface area contributed by atoms with Gasteiger partial charge in [0.25, 0.3) is 0 Å². The first-order chi connectivity index (χ1) is 11.6. The molecule has 5 nitrogen and oxygen atoms in total. The highest BCUT2D eigenvalue weighted by atomic mass is 32.2. The van der Waals surface area contributed by atoms with Crippen molar-refractivity contribution in [1.29, 1.82) is 0 Å². The van der Waals surface area contributed by atoms with Crippen LogP contribution in [0.2, 0.25) is 0 Å². The third-order valence-electron chi connectivity index (χ3n) is 3.89. The van der Waals surface area contributed by atoms with Crippen molar-refractivity contribution in [2.45, 2.75) is 24.3 Å². The molecule has 0 saturated heterocycles. The van der Waals surface area contributed by atoms with E-state index in [2.05, 4.69) is 0 Å². The van der Waals surface area contributed by atoms with Crippen LogP contribution < -0.4 is 0 Å². The van der Waals surface area contributed by atoms with E-state index in [1.165, 1.54) is 23.5 Å². The van der Waals surface area contributed by atoms with Crippen LogP contribution in [-0.4, -0.2) is 32.3 Å². The van der Waals surface area contributed by atoms with Crippen molar-refractivity contribution in [2.75, 3.05) is 6.26 Å². The van der Waals surface area contributed by atoms with Gasteiger partial charge in [-0.3, -0.25) is 9.59 Å². The average Bonchev–Trinajstić information content (AvgIpc) is 3.10. The Morgan fingerprint density at radius 3 is 2.24 bits per heavy atom. The van der Waals surface area contributed by atoms with Crippen molar-refractivity contribution < 1.29 is 22.7 Å². The van der Waals surface area contributed by atoms with Crippen molar-refractivity contribution in [1.82, 2.24) is 0 Å². The molecular formula is C18H16O5S2. The molecule has 25 heavy (non-hydrogen) atoms.